The van der Waals surface area contributed by atoms with Crippen molar-refractivity contribution in [3.8, 4) is 0 Å². The van der Waals surface area contributed by atoms with Crippen LogP contribution in [-0.4, -0.2) is 41.3 Å². The van der Waals surface area contributed by atoms with Crippen molar-refractivity contribution in [3.05, 3.63) is 53.9 Å². The van der Waals surface area contributed by atoms with Gasteiger partial charge in [0.05, 0.1) is 38.0 Å². The summed E-state index contributed by atoms with van der Waals surface area (Å²) < 4.78 is 7.13. The molecule has 21 heavy (non-hydrogen) atoms. The molecular weight excluding hydrogens is 266 g/mol. The number of rotatable bonds is 7. The van der Waals surface area contributed by atoms with Gasteiger partial charge in [0.15, 0.2) is 0 Å². The second-order valence-electron chi connectivity index (χ2n) is 5.79. The Labute approximate surface area is 124 Å². The molecule has 3 rings (SSSR count). The van der Waals surface area contributed by atoms with E-state index in [4.69, 9.17) is 4.74 Å². The van der Waals surface area contributed by atoms with E-state index in [1.807, 2.05) is 29.1 Å². The van der Waals surface area contributed by atoms with Crippen LogP contribution in [0.3, 0.4) is 0 Å². The lowest BCUT2D eigenvalue weighted by molar-refractivity contribution is -0.134. The first kappa shape index (κ1) is 14.3. The van der Waals surface area contributed by atoms with Crippen molar-refractivity contribution >= 4 is 0 Å². The summed E-state index contributed by atoms with van der Waals surface area (Å²) in [7, 11) is 0. The molecule has 0 radical (unpaired) electrons. The molecule has 5 heteroatoms. The largest absolute Gasteiger partial charge is 0.396 e. The molecule has 112 valence electrons. The molecule has 0 saturated carbocycles. The van der Waals surface area contributed by atoms with E-state index in [0.29, 0.717) is 13.2 Å². The van der Waals surface area contributed by atoms with Crippen LogP contribution in [-0.2, 0) is 17.8 Å². The number of hydrogen-bond donors (Lipinski definition) is 2. The van der Waals surface area contributed by atoms with Crippen LogP contribution >= 0.6 is 0 Å². The van der Waals surface area contributed by atoms with Gasteiger partial charge in [-0.25, -0.2) is 0 Å². The molecular formula is C16H21N3O2. The lowest BCUT2D eigenvalue weighted by Gasteiger charge is -2.39. The van der Waals surface area contributed by atoms with E-state index in [2.05, 4.69) is 28.7 Å². The maximum absolute atomic E-state index is 9.37. The van der Waals surface area contributed by atoms with Crippen molar-refractivity contribution in [3.63, 3.8) is 0 Å². The van der Waals surface area contributed by atoms with Crippen LogP contribution in [0.4, 0.5) is 0 Å². The van der Waals surface area contributed by atoms with Crippen LogP contribution < -0.4 is 5.32 Å². The number of aromatic nitrogens is 2. The number of benzene rings is 1. The van der Waals surface area contributed by atoms with E-state index >= 15 is 0 Å². The fourth-order valence-electron chi connectivity index (χ4n) is 2.47. The van der Waals surface area contributed by atoms with Crippen molar-refractivity contribution in [1.82, 2.24) is 15.1 Å². The van der Waals surface area contributed by atoms with Crippen molar-refractivity contribution in [2.75, 3.05) is 26.4 Å². The number of hydrogen-bond acceptors (Lipinski definition) is 4. The molecule has 1 aromatic carbocycles. The number of aliphatic hydroxyl groups excluding tert-OH is 1. The van der Waals surface area contributed by atoms with Gasteiger partial charge < -0.3 is 15.2 Å². The number of aliphatic hydroxyl groups is 1. The summed E-state index contributed by atoms with van der Waals surface area (Å²) in [5, 5.41) is 17.1. The lowest BCUT2D eigenvalue weighted by atomic mass is 9.87. The normalized spacial score (nSPS) is 16.6. The third-order valence-electron chi connectivity index (χ3n) is 3.86. The Morgan fingerprint density at radius 1 is 1.24 bits per heavy atom. The fraction of sp³-hybridized carbons (Fsp3) is 0.438. The summed E-state index contributed by atoms with van der Waals surface area (Å²) in [5.41, 5.74) is 2.31. The molecule has 1 saturated heterocycles. The number of ether oxygens (including phenoxy) is 1. The van der Waals surface area contributed by atoms with Crippen molar-refractivity contribution in [1.29, 1.82) is 0 Å². The van der Waals surface area contributed by atoms with E-state index in [1.165, 1.54) is 5.56 Å². The average Bonchev–Trinajstić information content (AvgIpc) is 2.90. The summed E-state index contributed by atoms with van der Waals surface area (Å²) in [6, 6.07) is 10.3. The molecule has 0 atom stereocenters. The van der Waals surface area contributed by atoms with Gasteiger partial charge in [-0.1, -0.05) is 30.3 Å². The Hall–Kier alpha value is -1.69. The second-order valence-corrected chi connectivity index (χ2v) is 5.79. The predicted octanol–water partition coefficient (Wildman–Crippen LogP) is 1.03. The van der Waals surface area contributed by atoms with Gasteiger partial charge in [0.25, 0.3) is 0 Å². The maximum Gasteiger partial charge on any atom is 0.0659 e. The van der Waals surface area contributed by atoms with Crippen LogP contribution in [0, 0.1) is 5.41 Å². The van der Waals surface area contributed by atoms with Gasteiger partial charge in [0.1, 0.15) is 0 Å². The molecule has 0 spiro atoms. The fourth-order valence-corrected chi connectivity index (χ4v) is 2.47. The summed E-state index contributed by atoms with van der Waals surface area (Å²) in [4.78, 5) is 0. The zero-order valence-corrected chi connectivity index (χ0v) is 12.0. The van der Waals surface area contributed by atoms with Crippen molar-refractivity contribution < 1.29 is 9.84 Å². The van der Waals surface area contributed by atoms with Crippen LogP contribution in [0.15, 0.2) is 42.7 Å². The first-order valence-electron chi connectivity index (χ1n) is 7.24. The van der Waals surface area contributed by atoms with Gasteiger partial charge in [-0.2, -0.15) is 5.10 Å². The minimum atomic E-state index is -0.0833. The summed E-state index contributed by atoms with van der Waals surface area (Å²) >= 11 is 0. The SMILES string of the molecule is OCC1(CNCc2cnn(Cc3ccccc3)c2)COC1. The van der Waals surface area contributed by atoms with Gasteiger partial charge in [0, 0.05) is 24.8 Å². The summed E-state index contributed by atoms with van der Waals surface area (Å²) in [6.45, 7) is 3.78. The highest BCUT2D eigenvalue weighted by Crippen LogP contribution is 2.25. The van der Waals surface area contributed by atoms with E-state index in [9.17, 15) is 5.11 Å². The molecule has 0 aliphatic carbocycles. The Kier molecular flexibility index (Phi) is 4.34. The van der Waals surface area contributed by atoms with E-state index < -0.39 is 0 Å². The van der Waals surface area contributed by atoms with Crippen molar-refractivity contribution in [2.45, 2.75) is 13.1 Å². The van der Waals surface area contributed by atoms with Crippen LogP contribution in [0.5, 0.6) is 0 Å². The lowest BCUT2D eigenvalue weighted by Crippen LogP contribution is -2.52. The summed E-state index contributed by atoms with van der Waals surface area (Å²) in [6.07, 6.45) is 3.95. The monoisotopic (exact) mass is 287 g/mol. The van der Waals surface area contributed by atoms with E-state index in [-0.39, 0.29) is 12.0 Å². The Balaban J connectivity index is 1.49. The van der Waals surface area contributed by atoms with Gasteiger partial charge in [-0.3, -0.25) is 4.68 Å². The minimum absolute atomic E-state index is 0.0833. The molecule has 1 aromatic heterocycles. The van der Waals surface area contributed by atoms with E-state index in [1.54, 1.807) is 0 Å². The highest BCUT2D eigenvalue weighted by atomic mass is 16.5. The molecule has 0 bridgehead atoms. The van der Waals surface area contributed by atoms with Gasteiger partial charge >= 0.3 is 0 Å². The smallest absolute Gasteiger partial charge is 0.0659 e. The third-order valence-corrected chi connectivity index (χ3v) is 3.86. The summed E-state index contributed by atoms with van der Waals surface area (Å²) in [5.74, 6) is 0. The number of nitrogens with one attached hydrogen (secondary N) is 1. The zero-order valence-electron chi connectivity index (χ0n) is 12.0. The average molecular weight is 287 g/mol. The molecule has 2 aromatic rings. The molecule has 1 aliphatic rings. The molecule has 2 heterocycles. The van der Waals surface area contributed by atoms with Crippen LogP contribution in [0.2, 0.25) is 0 Å². The van der Waals surface area contributed by atoms with Gasteiger partial charge in [-0.15, -0.1) is 0 Å². The second kappa shape index (κ2) is 6.39. The van der Waals surface area contributed by atoms with Crippen molar-refractivity contribution in [2.24, 2.45) is 5.41 Å². The molecule has 0 unspecified atom stereocenters. The Morgan fingerprint density at radius 2 is 2.05 bits per heavy atom. The Morgan fingerprint density at radius 3 is 2.71 bits per heavy atom. The van der Waals surface area contributed by atoms with Gasteiger partial charge in [-0.05, 0) is 5.56 Å². The maximum atomic E-state index is 9.37. The van der Waals surface area contributed by atoms with Crippen LogP contribution in [0.25, 0.3) is 0 Å². The molecule has 1 aliphatic heterocycles. The quantitative estimate of drug-likeness (QED) is 0.798. The van der Waals surface area contributed by atoms with E-state index in [0.717, 1.165) is 25.2 Å². The molecule has 0 amide bonds. The minimum Gasteiger partial charge on any atom is -0.396 e. The first-order valence-corrected chi connectivity index (χ1v) is 7.24. The zero-order chi connectivity index (χ0) is 14.5. The number of nitrogens with zero attached hydrogens (tertiary/aromatic N) is 2. The predicted molar refractivity (Wildman–Crippen MR) is 79.8 cm³/mol. The van der Waals surface area contributed by atoms with Gasteiger partial charge in [0.2, 0.25) is 0 Å². The topological polar surface area (TPSA) is 59.3 Å². The van der Waals surface area contributed by atoms with Crippen LogP contribution in [0.1, 0.15) is 11.1 Å². The molecule has 2 N–H and O–H groups in total. The molecule has 1 fully saturated rings. The standard InChI is InChI=1S/C16H21N3O2/c20-11-16(12-21-13-16)10-17-6-15-7-18-19(9-15)8-14-4-2-1-3-5-14/h1-5,7,9,17,20H,6,8,10-13H2. The Bertz CT molecular complexity index is 558. The highest BCUT2D eigenvalue weighted by molar-refractivity contribution is 5.15. The third kappa shape index (κ3) is 3.50. The molecule has 5 nitrogen and oxygen atoms in total. The first-order chi connectivity index (χ1) is 10.3. The highest BCUT2D eigenvalue weighted by Gasteiger charge is 2.37.